The second-order valence-electron chi connectivity index (χ2n) is 4.31. The van der Waals surface area contributed by atoms with Crippen molar-refractivity contribution in [2.75, 3.05) is 13.1 Å². The third-order valence-electron chi connectivity index (χ3n) is 2.48. The molecule has 0 atom stereocenters. The van der Waals surface area contributed by atoms with Crippen LogP contribution in [0.3, 0.4) is 0 Å². The van der Waals surface area contributed by atoms with Crippen LogP contribution < -0.4 is 0 Å². The lowest BCUT2D eigenvalue weighted by Crippen LogP contribution is -2.37. The molecule has 3 nitrogen and oxygen atoms in total. The second kappa shape index (κ2) is 6.33. The smallest absolute Gasteiger partial charge is 0.416 e. The number of hydrogen-bond donors (Lipinski definition) is 1. The van der Waals surface area contributed by atoms with Gasteiger partial charge in [0.1, 0.15) is 0 Å². The molecule has 1 rings (SSSR count). The lowest BCUT2D eigenvalue weighted by atomic mass is 10.1. The minimum Gasteiger partial charge on any atom is -0.480 e. The number of benzene rings is 1. The maximum absolute atomic E-state index is 12.7. The molecule has 0 fully saturated rings. The summed E-state index contributed by atoms with van der Waals surface area (Å²) in [6.07, 6.45) is -9.42. The van der Waals surface area contributed by atoms with Crippen LogP contribution in [0.15, 0.2) is 24.3 Å². The highest BCUT2D eigenvalue weighted by Gasteiger charge is 2.35. The Hall–Kier alpha value is -1.77. The SMILES string of the molecule is O=C(O)CN(Cc1ccccc1C(F)(F)F)CC(F)(F)F. The Labute approximate surface area is 115 Å². The molecule has 0 aliphatic rings. The Morgan fingerprint density at radius 3 is 2.14 bits per heavy atom. The maximum Gasteiger partial charge on any atom is 0.416 e. The Balaban J connectivity index is 3.01. The van der Waals surface area contributed by atoms with Gasteiger partial charge in [0.2, 0.25) is 0 Å². The van der Waals surface area contributed by atoms with Crippen molar-refractivity contribution in [1.29, 1.82) is 0 Å². The minimum atomic E-state index is -4.72. The number of aliphatic carboxylic acids is 1. The topological polar surface area (TPSA) is 40.5 Å². The Kier molecular flexibility index (Phi) is 5.21. The van der Waals surface area contributed by atoms with Gasteiger partial charge in [-0.2, -0.15) is 26.3 Å². The number of carboxylic acid groups (broad SMARTS) is 1. The van der Waals surface area contributed by atoms with Crippen molar-refractivity contribution in [3.05, 3.63) is 35.4 Å². The van der Waals surface area contributed by atoms with E-state index in [0.29, 0.717) is 4.90 Å². The standard InChI is InChI=1S/C12H11F6NO2/c13-11(14,15)7-19(6-10(20)21)5-8-3-1-2-4-9(8)12(16,17)18/h1-4H,5-7H2,(H,20,21). The van der Waals surface area contributed by atoms with E-state index >= 15 is 0 Å². The number of hydrogen-bond acceptors (Lipinski definition) is 2. The molecule has 0 spiro atoms. The Morgan fingerprint density at radius 2 is 1.67 bits per heavy atom. The number of halogens is 6. The first-order valence-corrected chi connectivity index (χ1v) is 5.65. The molecule has 9 heteroatoms. The second-order valence-corrected chi connectivity index (χ2v) is 4.31. The van der Waals surface area contributed by atoms with Gasteiger partial charge in [0, 0.05) is 6.54 Å². The van der Waals surface area contributed by atoms with E-state index in [4.69, 9.17) is 5.11 Å². The first-order chi connectivity index (χ1) is 9.49. The lowest BCUT2D eigenvalue weighted by Gasteiger charge is -2.23. The average Bonchev–Trinajstić information content (AvgIpc) is 2.24. The molecule has 1 aromatic carbocycles. The number of alkyl halides is 6. The largest absolute Gasteiger partial charge is 0.480 e. The molecular weight excluding hydrogens is 304 g/mol. The summed E-state index contributed by atoms with van der Waals surface area (Å²) >= 11 is 0. The zero-order valence-corrected chi connectivity index (χ0v) is 10.5. The molecule has 0 aliphatic carbocycles. The van der Waals surface area contributed by atoms with Crippen molar-refractivity contribution >= 4 is 5.97 Å². The van der Waals surface area contributed by atoms with Gasteiger partial charge in [-0.05, 0) is 11.6 Å². The summed E-state index contributed by atoms with van der Waals surface area (Å²) in [4.78, 5) is 10.9. The summed E-state index contributed by atoms with van der Waals surface area (Å²) < 4.78 is 75.2. The fourth-order valence-corrected chi connectivity index (χ4v) is 1.79. The van der Waals surface area contributed by atoms with E-state index in [1.54, 1.807) is 0 Å². The first kappa shape index (κ1) is 17.3. The van der Waals surface area contributed by atoms with Gasteiger partial charge in [-0.25, -0.2) is 0 Å². The van der Waals surface area contributed by atoms with Crippen molar-refractivity contribution in [1.82, 2.24) is 4.90 Å². The molecule has 0 amide bonds. The Bertz CT molecular complexity index is 497. The predicted octanol–water partition coefficient (Wildman–Crippen LogP) is 3.15. The average molecular weight is 315 g/mol. The summed E-state index contributed by atoms with van der Waals surface area (Å²) in [5.74, 6) is -1.55. The highest BCUT2D eigenvalue weighted by molar-refractivity contribution is 5.69. The molecule has 1 N–H and O–H groups in total. The summed E-state index contributed by atoms with van der Waals surface area (Å²) in [7, 11) is 0. The number of carboxylic acids is 1. The highest BCUT2D eigenvalue weighted by atomic mass is 19.4. The zero-order valence-electron chi connectivity index (χ0n) is 10.5. The minimum absolute atomic E-state index is 0.396. The van der Waals surface area contributed by atoms with E-state index in [9.17, 15) is 31.1 Å². The third-order valence-corrected chi connectivity index (χ3v) is 2.48. The molecule has 0 unspecified atom stereocenters. The normalized spacial score (nSPS) is 12.7. The molecule has 0 heterocycles. The molecule has 0 saturated carbocycles. The number of carbonyl (C=O) groups is 1. The van der Waals surface area contributed by atoms with Crippen LogP contribution in [0.2, 0.25) is 0 Å². The molecule has 0 radical (unpaired) electrons. The van der Waals surface area contributed by atoms with Crippen LogP contribution in [-0.4, -0.2) is 35.2 Å². The van der Waals surface area contributed by atoms with Crippen molar-refractivity contribution in [3.63, 3.8) is 0 Å². The van der Waals surface area contributed by atoms with Crippen LogP contribution in [0.4, 0.5) is 26.3 Å². The molecule has 0 aliphatic heterocycles. The monoisotopic (exact) mass is 315 g/mol. The predicted molar refractivity (Wildman–Crippen MR) is 60.4 cm³/mol. The van der Waals surface area contributed by atoms with E-state index in [-0.39, 0.29) is 0 Å². The van der Waals surface area contributed by atoms with Crippen LogP contribution in [0.1, 0.15) is 11.1 Å². The number of rotatable bonds is 5. The van der Waals surface area contributed by atoms with Gasteiger partial charge < -0.3 is 5.11 Å². The van der Waals surface area contributed by atoms with Crippen molar-refractivity contribution in [2.45, 2.75) is 18.9 Å². The maximum atomic E-state index is 12.7. The van der Waals surface area contributed by atoms with Crippen molar-refractivity contribution in [3.8, 4) is 0 Å². The summed E-state index contributed by atoms with van der Waals surface area (Å²) in [5, 5.41) is 8.56. The third kappa shape index (κ3) is 6.03. The molecular formula is C12H11F6NO2. The van der Waals surface area contributed by atoms with Crippen LogP contribution >= 0.6 is 0 Å². The summed E-state index contributed by atoms with van der Waals surface area (Å²) in [6, 6.07) is 4.12. The Morgan fingerprint density at radius 1 is 1.10 bits per heavy atom. The van der Waals surface area contributed by atoms with E-state index in [2.05, 4.69) is 0 Å². The molecule has 1 aromatic rings. The van der Waals surface area contributed by atoms with Gasteiger partial charge in [-0.1, -0.05) is 18.2 Å². The van der Waals surface area contributed by atoms with Gasteiger partial charge in [-0.15, -0.1) is 0 Å². The van der Waals surface area contributed by atoms with Crippen molar-refractivity contribution < 1.29 is 36.2 Å². The highest BCUT2D eigenvalue weighted by Crippen LogP contribution is 2.32. The molecule has 0 bridgehead atoms. The molecule has 0 saturated heterocycles. The van der Waals surface area contributed by atoms with Crippen LogP contribution in [0, 0.1) is 0 Å². The first-order valence-electron chi connectivity index (χ1n) is 5.65. The molecule has 21 heavy (non-hydrogen) atoms. The summed E-state index contributed by atoms with van der Waals surface area (Å²) in [6.45, 7) is -3.38. The quantitative estimate of drug-likeness (QED) is 0.849. The van der Waals surface area contributed by atoms with Crippen LogP contribution in [0.5, 0.6) is 0 Å². The van der Waals surface area contributed by atoms with Gasteiger partial charge in [0.15, 0.2) is 0 Å². The van der Waals surface area contributed by atoms with E-state index in [1.807, 2.05) is 0 Å². The van der Waals surface area contributed by atoms with Crippen LogP contribution in [-0.2, 0) is 17.5 Å². The van der Waals surface area contributed by atoms with Crippen LogP contribution in [0.25, 0.3) is 0 Å². The van der Waals surface area contributed by atoms with E-state index < -0.39 is 49.1 Å². The van der Waals surface area contributed by atoms with E-state index in [0.717, 1.165) is 18.2 Å². The molecule has 0 aromatic heterocycles. The number of nitrogens with zero attached hydrogens (tertiary/aromatic N) is 1. The fourth-order valence-electron chi connectivity index (χ4n) is 1.79. The van der Waals surface area contributed by atoms with Crippen molar-refractivity contribution in [2.24, 2.45) is 0 Å². The van der Waals surface area contributed by atoms with Gasteiger partial charge in [-0.3, -0.25) is 9.69 Å². The van der Waals surface area contributed by atoms with Gasteiger partial charge >= 0.3 is 18.3 Å². The summed E-state index contributed by atoms with van der Waals surface area (Å²) in [5.41, 5.74) is -1.49. The van der Waals surface area contributed by atoms with Gasteiger partial charge in [0.05, 0.1) is 18.7 Å². The van der Waals surface area contributed by atoms with Gasteiger partial charge in [0.25, 0.3) is 0 Å². The van der Waals surface area contributed by atoms with E-state index in [1.165, 1.54) is 6.07 Å². The zero-order chi connectivity index (χ0) is 16.3. The fraction of sp³-hybridized carbons (Fsp3) is 0.417. The lowest BCUT2D eigenvalue weighted by molar-refractivity contribution is -0.155. The molecule has 118 valence electrons.